The number of hydrogen-bond acceptors (Lipinski definition) is 3. The molecule has 4 heteroatoms. The summed E-state index contributed by atoms with van der Waals surface area (Å²) in [7, 11) is 2.12. The Morgan fingerprint density at radius 2 is 1.88 bits per heavy atom. The molecule has 3 rings (SSSR count). The van der Waals surface area contributed by atoms with Crippen LogP contribution in [0.15, 0.2) is 54.7 Å². The summed E-state index contributed by atoms with van der Waals surface area (Å²) in [6.07, 6.45) is 1.75. The Morgan fingerprint density at radius 1 is 1.08 bits per heavy atom. The van der Waals surface area contributed by atoms with Crippen LogP contribution in [0, 0.1) is 6.92 Å². The number of likely N-dealkylation sites (N-methyl/N-ethyl adjacent to an activating group) is 1. The first-order valence-electron chi connectivity index (χ1n) is 8.47. The highest BCUT2D eigenvalue weighted by atomic mass is 35.5. The highest BCUT2D eigenvalue weighted by Crippen LogP contribution is 2.21. The second-order valence-corrected chi connectivity index (χ2v) is 6.51. The van der Waals surface area contributed by atoms with Crippen molar-refractivity contribution < 1.29 is 4.74 Å². The largest absolute Gasteiger partial charge is 0.492 e. The van der Waals surface area contributed by atoms with E-state index < -0.39 is 0 Å². The molecule has 1 heterocycles. The van der Waals surface area contributed by atoms with E-state index in [0.29, 0.717) is 12.5 Å². The van der Waals surface area contributed by atoms with Crippen molar-refractivity contribution in [2.45, 2.75) is 19.3 Å². The van der Waals surface area contributed by atoms with Crippen LogP contribution in [0.25, 0.3) is 10.8 Å². The average molecular weight is 355 g/mol. The molecule has 0 saturated carbocycles. The lowest BCUT2D eigenvalue weighted by atomic mass is 10.0. The maximum Gasteiger partial charge on any atom is 0.125 e. The van der Waals surface area contributed by atoms with Crippen LogP contribution in [-0.4, -0.2) is 30.1 Å². The molecule has 0 N–H and O–H groups in total. The highest BCUT2D eigenvalue weighted by molar-refractivity contribution is 6.17. The van der Waals surface area contributed by atoms with Crippen molar-refractivity contribution in [3.63, 3.8) is 0 Å². The lowest BCUT2D eigenvalue weighted by Crippen LogP contribution is -2.24. The molecule has 3 aromatic rings. The molecule has 0 spiro atoms. The van der Waals surface area contributed by atoms with Gasteiger partial charge in [0.15, 0.2) is 0 Å². The van der Waals surface area contributed by atoms with Gasteiger partial charge in [0.1, 0.15) is 12.4 Å². The normalized spacial score (nSPS) is 11.2. The zero-order chi connectivity index (χ0) is 17.6. The summed E-state index contributed by atoms with van der Waals surface area (Å²) in [5.74, 6) is 1.27. The smallest absolute Gasteiger partial charge is 0.125 e. The van der Waals surface area contributed by atoms with Gasteiger partial charge in [0.05, 0.1) is 11.6 Å². The number of hydrogen-bond donors (Lipinski definition) is 0. The first-order valence-corrected chi connectivity index (χ1v) is 9.01. The fraction of sp³-hybridized carbons (Fsp3) is 0.286. The van der Waals surface area contributed by atoms with Gasteiger partial charge in [0.25, 0.3) is 0 Å². The second-order valence-electron chi connectivity index (χ2n) is 6.24. The number of alkyl halides is 1. The SMILES string of the molecule is Cc1c(OCCN(C)Cc2cccc3ccccc23)ccnc1CCl. The predicted octanol–water partition coefficient (Wildman–Crippen LogP) is 4.79. The van der Waals surface area contributed by atoms with E-state index in [9.17, 15) is 0 Å². The van der Waals surface area contributed by atoms with Gasteiger partial charge in [0, 0.05) is 24.8 Å². The first-order chi connectivity index (χ1) is 12.2. The van der Waals surface area contributed by atoms with Crippen LogP contribution in [0.2, 0.25) is 0 Å². The fourth-order valence-electron chi connectivity index (χ4n) is 2.96. The minimum Gasteiger partial charge on any atom is -0.492 e. The Bertz CT molecular complexity index is 845. The number of fused-ring (bicyclic) bond motifs is 1. The summed E-state index contributed by atoms with van der Waals surface area (Å²) in [6, 6.07) is 16.9. The molecule has 0 aliphatic carbocycles. The van der Waals surface area contributed by atoms with Crippen LogP contribution in [0.3, 0.4) is 0 Å². The second kappa shape index (κ2) is 8.32. The maximum atomic E-state index is 5.93. The quantitative estimate of drug-likeness (QED) is 0.570. The summed E-state index contributed by atoms with van der Waals surface area (Å²) >= 11 is 5.90. The first kappa shape index (κ1) is 17.7. The Hall–Kier alpha value is -2.10. The maximum absolute atomic E-state index is 5.93. The summed E-state index contributed by atoms with van der Waals surface area (Å²) in [4.78, 5) is 6.54. The highest BCUT2D eigenvalue weighted by Gasteiger charge is 2.07. The molecule has 0 aliphatic rings. The van der Waals surface area contributed by atoms with E-state index in [1.54, 1.807) is 6.20 Å². The van der Waals surface area contributed by atoms with Crippen LogP contribution >= 0.6 is 11.6 Å². The van der Waals surface area contributed by atoms with E-state index in [-0.39, 0.29) is 0 Å². The number of ether oxygens (including phenoxy) is 1. The minimum absolute atomic E-state index is 0.407. The molecule has 1 aromatic heterocycles. The van der Waals surface area contributed by atoms with Crippen LogP contribution in [0.4, 0.5) is 0 Å². The van der Waals surface area contributed by atoms with Gasteiger partial charge < -0.3 is 4.74 Å². The third-order valence-corrected chi connectivity index (χ3v) is 4.69. The zero-order valence-electron chi connectivity index (χ0n) is 14.7. The standard InChI is InChI=1S/C21H23ClN2O/c1-16-20(14-22)23-11-10-21(16)25-13-12-24(2)15-18-8-5-7-17-6-3-4-9-19(17)18/h3-11H,12-15H2,1-2H3. The van der Waals surface area contributed by atoms with E-state index in [0.717, 1.165) is 30.1 Å². The molecule has 0 amide bonds. The van der Waals surface area contributed by atoms with Gasteiger partial charge in [-0.25, -0.2) is 0 Å². The van der Waals surface area contributed by atoms with E-state index in [4.69, 9.17) is 16.3 Å². The van der Waals surface area contributed by atoms with Gasteiger partial charge in [0.2, 0.25) is 0 Å². The van der Waals surface area contributed by atoms with Gasteiger partial charge >= 0.3 is 0 Å². The van der Waals surface area contributed by atoms with Gasteiger partial charge in [-0.05, 0) is 36.4 Å². The molecule has 0 saturated heterocycles. The number of pyridine rings is 1. The van der Waals surface area contributed by atoms with E-state index in [1.165, 1.54) is 16.3 Å². The summed E-state index contributed by atoms with van der Waals surface area (Å²) < 4.78 is 5.93. The zero-order valence-corrected chi connectivity index (χ0v) is 15.5. The third kappa shape index (κ3) is 4.30. The van der Waals surface area contributed by atoms with E-state index in [2.05, 4.69) is 59.4 Å². The van der Waals surface area contributed by atoms with Crippen molar-refractivity contribution >= 4 is 22.4 Å². The summed E-state index contributed by atoms with van der Waals surface area (Å²) in [5.41, 5.74) is 3.24. The van der Waals surface area contributed by atoms with Crippen molar-refractivity contribution in [1.29, 1.82) is 0 Å². The van der Waals surface area contributed by atoms with Crippen molar-refractivity contribution in [3.8, 4) is 5.75 Å². The molecule has 3 nitrogen and oxygen atoms in total. The number of benzene rings is 2. The van der Waals surface area contributed by atoms with Crippen molar-refractivity contribution in [2.24, 2.45) is 0 Å². The van der Waals surface area contributed by atoms with Crippen LogP contribution in [-0.2, 0) is 12.4 Å². The molecular formula is C21H23ClN2O. The van der Waals surface area contributed by atoms with Gasteiger partial charge in [-0.2, -0.15) is 0 Å². The van der Waals surface area contributed by atoms with Crippen molar-refractivity contribution in [2.75, 3.05) is 20.2 Å². The Kier molecular flexibility index (Phi) is 5.90. The Labute approximate surface area is 154 Å². The fourth-order valence-corrected chi connectivity index (χ4v) is 3.23. The minimum atomic E-state index is 0.407. The molecule has 130 valence electrons. The van der Waals surface area contributed by atoms with Gasteiger partial charge in [-0.15, -0.1) is 11.6 Å². The average Bonchev–Trinajstić information content (AvgIpc) is 2.63. The molecule has 0 fully saturated rings. The van der Waals surface area contributed by atoms with Gasteiger partial charge in [-0.3, -0.25) is 9.88 Å². The van der Waals surface area contributed by atoms with Crippen molar-refractivity contribution in [3.05, 3.63) is 71.5 Å². The van der Waals surface area contributed by atoms with E-state index in [1.807, 2.05) is 13.0 Å². The number of halogens is 1. The van der Waals surface area contributed by atoms with Crippen LogP contribution < -0.4 is 4.74 Å². The molecule has 0 unspecified atom stereocenters. The van der Waals surface area contributed by atoms with Crippen LogP contribution in [0.5, 0.6) is 5.75 Å². The third-order valence-electron chi connectivity index (χ3n) is 4.44. The summed E-state index contributed by atoms with van der Waals surface area (Å²) in [6.45, 7) is 4.38. The topological polar surface area (TPSA) is 25.4 Å². The van der Waals surface area contributed by atoms with Gasteiger partial charge in [-0.1, -0.05) is 42.5 Å². The van der Waals surface area contributed by atoms with Crippen molar-refractivity contribution in [1.82, 2.24) is 9.88 Å². The molecule has 2 aromatic carbocycles. The Balaban J connectivity index is 1.59. The molecule has 0 bridgehead atoms. The Morgan fingerprint density at radius 3 is 2.72 bits per heavy atom. The lowest BCUT2D eigenvalue weighted by molar-refractivity contribution is 0.232. The summed E-state index contributed by atoms with van der Waals surface area (Å²) in [5, 5.41) is 2.60. The lowest BCUT2D eigenvalue weighted by Gasteiger charge is -2.19. The number of aromatic nitrogens is 1. The molecule has 0 radical (unpaired) electrons. The van der Waals surface area contributed by atoms with Crippen LogP contribution in [0.1, 0.15) is 16.8 Å². The molecule has 0 atom stereocenters. The molecule has 25 heavy (non-hydrogen) atoms. The number of rotatable bonds is 7. The van der Waals surface area contributed by atoms with E-state index >= 15 is 0 Å². The monoisotopic (exact) mass is 354 g/mol. The number of nitrogens with zero attached hydrogens (tertiary/aromatic N) is 2. The molecular weight excluding hydrogens is 332 g/mol. The molecule has 0 aliphatic heterocycles. The predicted molar refractivity (Wildman–Crippen MR) is 104 cm³/mol.